The van der Waals surface area contributed by atoms with Gasteiger partial charge in [0.15, 0.2) is 6.20 Å². The van der Waals surface area contributed by atoms with E-state index >= 15 is 0 Å². The van der Waals surface area contributed by atoms with Crippen molar-refractivity contribution in [2.24, 2.45) is 7.05 Å². The van der Waals surface area contributed by atoms with Crippen LogP contribution in [0.5, 0.6) is 0 Å². The summed E-state index contributed by atoms with van der Waals surface area (Å²) in [5.74, 6) is 0. The van der Waals surface area contributed by atoms with Crippen molar-refractivity contribution in [3.8, 4) is 0 Å². The predicted octanol–water partition coefficient (Wildman–Crippen LogP) is 7.35. The fraction of sp³-hybridized carbons (Fsp3) is 0.300. The molecule has 0 N–H and O–H groups in total. The summed E-state index contributed by atoms with van der Waals surface area (Å²) >= 11 is 0. The molecule has 0 saturated heterocycles. The number of benzene rings is 3. The van der Waals surface area contributed by atoms with Gasteiger partial charge < -0.3 is 4.40 Å². The molecule has 0 atom stereocenters. The summed E-state index contributed by atoms with van der Waals surface area (Å²) in [5.41, 5.74) is 12.2. The van der Waals surface area contributed by atoms with E-state index in [-0.39, 0.29) is 5.41 Å². The van der Waals surface area contributed by atoms with Crippen LogP contribution in [0.2, 0.25) is 0 Å². The summed E-state index contributed by atoms with van der Waals surface area (Å²) in [4.78, 5) is 0. The molecule has 6 aromatic rings. The highest BCUT2D eigenvalue weighted by Crippen LogP contribution is 2.46. The number of hydrogen-bond acceptors (Lipinski definition) is 0. The minimum absolute atomic E-state index is 0.0505. The van der Waals surface area contributed by atoms with Gasteiger partial charge in [0.1, 0.15) is 7.05 Å². The average molecular weight is 420 g/mol. The number of pyridine rings is 2. The highest BCUT2D eigenvalue weighted by atomic mass is 15.0. The van der Waals surface area contributed by atoms with Crippen LogP contribution in [-0.4, -0.2) is 4.40 Å². The molecule has 3 aromatic heterocycles. The molecule has 0 fully saturated rings. The van der Waals surface area contributed by atoms with Crippen LogP contribution in [0, 0.1) is 27.7 Å². The maximum absolute atomic E-state index is 2.58. The van der Waals surface area contributed by atoms with Crippen molar-refractivity contribution in [3.63, 3.8) is 0 Å². The van der Waals surface area contributed by atoms with Crippen LogP contribution >= 0.6 is 0 Å². The molecule has 0 aliphatic carbocycles. The smallest absolute Gasteiger partial charge is 0.224 e. The Kier molecular flexibility index (Phi) is 3.67. The zero-order valence-corrected chi connectivity index (χ0v) is 20.4. The van der Waals surface area contributed by atoms with E-state index in [4.69, 9.17) is 0 Å². The van der Waals surface area contributed by atoms with E-state index in [0.29, 0.717) is 0 Å². The first kappa shape index (κ1) is 19.5. The second-order valence-electron chi connectivity index (χ2n) is 10.9. The van der Waals surface area contributed by atoms with E-state index in [2.05, 4.69) is 107 Å². The van der Waals surface area contributed by atoms with Crippen molar-refractivity contribution in [1.29, 1.82) is 0 Å². The Balaban J connectivity index is 2.15. The molecular weight excluding hydrogens is 388 g/mol. The van der Waals surface area contributed by atoms with Crippen molar-refractivity contribution < 1.29 is 4.57 Å². The van der Waals surface area contributed by atoms with Crippen LogP contribution in [0.1, 0.15) is 48.6 Å². The van der Waals surface area contributed by atoms with Crippen molar-refractivity contribution in [1.82, 2.24) is 4.40 Å². The van der Waals surface area contributed by atoms with Gasteiger partial charge in [-0.1, -0.05) is 39.0 Å². The number of aryl methyl sites for hydroxylation is 5. The van der Waals surface area contributed by atoms with Crippen molar-refractivity contribution in [3.05, 3.63) is 70.4 Å². The predicted molar refractivity (Wildman–Crippen MR) is 137 cm³/mol. The maximum Gasteiger partial charge on any atom is 0.224 e. The fourth-order valence-electron chi connectivity index (χ4n) is 5.94. The second-order valence-corrected chi connectivity index (χ2v) is 10.9. The van der Waals surface area contributed by atoms with Gasteiger partial charge in [0.25, 0.3) is 0 Å². The molecule has 0 aliphatic heterocycles. The first-order chi connectivity index (χ1) is 15.1. The van der Waals surface area contributed by atoms with Gasteiger partial charge in [-0.05, 0) is 78.4 Å². The molecular formula is C30H31N2+. The van der Waals surface area contributed by atoms with Gasteiger partial charge in [-0.15, -0.1) is 0 Å². The largest absolute Gasteiger partial charge is 0.307 e. The Morgan fingerprint density at radius 2 is 1.53 bits per heavy atom. The standard InChI is InChI=1S/C30H31N2/c1-16-9-10-21-23(13-16)32-27-18(3)14-17(2)19(4)24(27)28-25-20(11-12-31(28)8)15-22(30(5,6)7)26(21)29(25)32/h9-15H,1-8H3/q+1. The third-order valence-electron chi connectivity index (χ3n) is 7.56. The van der Waals surface area contributed by atoms with Crippen LogP contribution in [0.15, 0.2) is 42.6 Å². The second kappa shape index (κ2) is 6.01. The van der Waals surface area contributed by atoms with Gasteiger partial charge in [-0.2, -0.15) is 0 Å². The van der Waals surface area contributed by atoms with Crippen molar-refractivity contribution in [2.45, 2.75) is 53.9 Å². The van der Waals surface area contributed by atoms with E-state index in [0.717, 1.165) is 0 Å². The lowest BCUT2D eigenvalue weighted by Crippen LogP contribution is -2.29. The van der Waals surface area contributed by atoms with Gasteiger partial charge in [-0.3, -0.25) is 0 Å². The van der Waals surface area contributed by atoms with E-state index < -0.39 is 0 Å². The summed E-state index contributed by atoms with van der Waals surface area (Å²) in [5, 5.41) is 6.87. The Morgan fingerprint density at radius 1 is 0.781 bits per heavy atom. The first-order valence-electron chi connectivity index (χ1n) is 11.6. The average Bonchev–Trinajstić information content (AvgIpc) is 3.05. The first-order valence-corrected chi connectivity index (χ1v) is 11.6. The number of hydrogen-bond donors (Lipinski definition) is 0. The Morgan fingerprint density at radius 3 is 2.25 bits per heavy atom. The summed E-state index contributed by atoms with van der Waals surface area (Å²) in [6.07, 6.45) is 2.24. The maximum atomic E-state index is 2.58. The lowest BCUT2D eigenvalue weighted by molar-refractivity contribution is -0.643. The zero-order chi connectivity index (χ0) is 22.7. The Hall–Kier alpha value is -3.13. The van der Waals surface area contributed by atoms with Crippen molar-refractivity contribution in [2.75, 3.05) is 0 Å². The molecule has 160 valence electrons. The van der Waals surface area contributed by atoms with Gasteiger partial charge >= 0.3 is 0 Å². The van der Waals surface area contributed by atoms with E-state index in [1.807, 2.05) is 0 Å². The van der Waals surface area contributed by atoms with Crippen LogP contribution in [0.3, 0.4) is 0 Å². The molecule has 0 unspecified atom stereocenters. The molecule has 0 amide bonds. The van der Waals surface area contributed by atoms with E-state index in [1.54, 1.807) is 0 Å². The molecule has 0 spiro atoms. The molecule has 2 heteroatoms. The normalized spacial score (nSPS) is 13.0. The summed E-state index contributed by atoms with van der Waals surface area (Å²) < 4.78 is 4.91. The van der Waals surface area contributed by atoms with Crippen LogP contribution < -0.4 is 4.57 Å². The van der Waals surface area contributed by atoms with Gasteiger partial charge in [0, 0.05) is 16.8 Å². The number of nitrogens with zero attached hydrogens (tertiary/aromatic N) is 2. The van der Waals surface area contributed by atoms with E-state index in [9.17, 15) is 0 Å². The molecule has 0 radical (unpaired) electrons. The number of fused-ring (bicyclic) bond motifs is 6. The highest BCUT2D eigenvalue weighted by molar-refractivity contribution is 6.28. The molecule has 3 heterocycles. The summed E-state index contributed by atoms with van der Waals surface area (Å²) in [6.45, 7) is 16.0. The monoisotopic (exact) mass is 419 g/mol. The Labute approximate surface area is 189 Å². The van der Waals surface area contributed by atoms with Gasteiger partial charge in [0.05, 0.1) is 27.3 Å². The zero-order valence-electron chi connectivity index (χ0n) is 20.4. The quantitative estimate of drug-likeness (QED) is 0.138. The van der Waals surface area contributed by atoms with Crippen LogP contribution in [-0.2, 0) is 12.5 Å². The molecule has 3 aromatic carbocycles. The summed E-state index contributed by atoms with van der Waals surface area (Å²) in [7, 11) is 2.20. The van der Waals surface area contributed by atoms with Crippen LogP contribution in [0.4, 0.5) is 0 Å². The number of aromatic nitrogens is 2. The third-order valence-corrected chi connectivity index (χ3v) is 7.56. The van der Waals surface area contributed by atoms with Crippen LogP contribution in [0.25, 0.3) is 49.0 Å². The molecule has 0 saturated carbocycles. The minimum atomic E-state index is 0.0505. The Bertz CT molecular complexity index is 1740. The molecule has 0 bridgehead atoms. The molecule has 32 heavy (non-hydrogen) atoms. The minimum Gasteiger partial charge on any atom is -0.307 e. The molecule has 2 nitrogen and oxygen atoms in total. The fourth-order valence-corrected chi connectivity index (χ4v) is 5.94. The topological polar surface area (TPSA) is 8.29 Å². The lowest BCUT2D eigenvalue weighted by atomic mass is 9.82. The molecule has 0 aliphatic rings. The molecule has 6 rings (SSSR count). The lowest BCUT2D eigenvalue weighted by Gasteiger charge is -2.23. The SMILES string of the molecule is Cc1ccc2c3c(C(C)(C)C)cc4cc[n+](C)c5c6c(C)c(C)cc(C)c6n(c2c1)c3c45. The third kappa shape index (κ3) is 2.28. The van der Waals surface area contributed by atoms with Crippen molar-refractivity contribution >= 4 is 49.0 Å². The number of rotatable bonds is 0. The summed E-state index contributed by atoms with van der Waals surface area (Å²) in [6, 6.07) is 14.1. The van der Waals surface area contributed by atoms with Gasteiger partial charge in [0.2, 0.25) is 5.52 Å². The van der Waals surface area contributed by atoms with Gasteiger partial charge in [-0.25, -0.2) is 4.57 Å². The highest BCUT2D eigenvalue weighted by Gasteiger charge is 2.29. The van der Waals surface area contributed by atoms with E-state index in [1.165, 1.54) is 76.8 Å².